The van der Waals surface area contributed by atoms with Crippen molar-refractivity contribution in [2.75, 3.05) is 11.9 Å². The molecule has 2 aliphatic rings. The van der Waals surface area contributed by atoms with Crippen molar-refractivity contribution < 1.29 is 14.3 Å². The number of hydrogen-bond donors (Lipinski definition) is 1. The number of aromatic nitrogens is 1. The molecule has 2 fully saturated rings. The van der Waals surface area contributed by atoms with E-state index in [0.29, 0.717) is 12.5 Å². The van der Waals surface area contributed by atoms with Gasteiger partial charge in [0.15, 0.2) is 0 Å². The van der Waals surface area contributed by atoms with Crippen molar-refractivity contribution in [3.05, 3.63) is 46.9 Å². The first-order chi connectivity index (χ1) is 15.5. The number of carbonyl (C=O) groups excluding carboxylic acids is 1. The Morgan fingerprint density at radius 3 is 2.56 bits per heavy atom. The van der Waals surface area contributed by atoms with E-state index in [0.717, 1.165) is 52.5 Å². The highest BCUT2D eigenvalue weighted by atomic mass is 79.9. The summed E-state index contributed by atoms with van der Waals surface area (Å²) in [6.07, 6.45) is 4.46. The van der Waals surface area contributed by atoms with E-state index in [1.165, 1.54) is 23.7 Å². The molecule has 2 saturated carbocycles. The Hall–Kier alpha value is -2.47. The Morgan fingerprint density at radius 2 is 1.91 bits per heavy atom. The molecule has 0 unspecified atom stereocenters. The molecule has 5 nitrogen and oxygen atoms in total. The molecule has 0 bridgehead atoms. The summed E-state index contributed by atoms with van der Waals surface area (Å²) in [5.74, 6) is 2.15. The van der Waals surface area contributed by atoms with Gasteiger partial charge < -0.3 is 14.0 Å². The second-order valence-corrected chi connectivity index (χ2v) is 9.77. The minimum absolute atomic E-state index is 0.0232. The number of hydrogen-bond acceptors (Lipinski definition) is 3. The van der Waals surface area contributed by atoms with Gasteiger partial charge in [0.05, 0.1) is 22.3 Å². The highest BCUT2D eigenvalue weighted by Crippen LogP contribution is 2.42. The van der Waals surface area contributed by atoms with Crippen LogP contribution in [0.4, 0.5) is 10.5 Å². The number of ether oxygens (including phenoxy) is 2. The molecule has 168 valence electrons. The fourth-order valence-corrected chi connectivity index (χ4v) is 5.04. The Kier molecular flexibility index (Phi) is 5.89. The third-order valence-electron chi connectivity index (χ3n) is 6.41. The van der Waals surface area contributed by atoms with Crippen LogP contribution in [-0.4, -0.2) is 23.4 Å². The van der Waals surface area contributed by atoms with E-state index in [9.17, 15) is 4.79 Å². The Bertz CT molecular complexity index is 1130. The van der Waals surface area contributed by atoms with Gasteiger partial charge in [-0.1, -0.05) is 12.1 Å². The normalized spacial score (nSPS) is 16.7. The van der Waals surface area contributed by atoms with Gasteiger partial charge in [-0.2, -0.15) is 0 Å². The van der Waals surface area contributed by atoms with Crippen LogP contribution < -0.4 is 10.1 Å². The van der Waals surface area contributed by atoms with Crippen molar-refractivity contribution in [3.63, 3.8) is 0 Å². The Morgan fingerprint density at radius 1 is 1.16 bits per heavy atom. The van der Waals surface area contributed by atoms with E-state index < -0.39 is 0 Å². The van der Waals surface area contributed by atoms with Crippen LogP contribution >= 0.6 is 15.9 Å². The van der Waals surface area contributed by atoms with Gasteiger partial charge in [-0.25, -0.2) is 4.79 Å². The molecule has 0 spiro atoms. The lowest BCUT2D eigenvalue weighted by molar-refractivity contribution is 0.108. The minimum Gasteiger partial charge on any atom is -0.494 e. The summed E-state index contributed by atoms with van der Waals surface area (Å²) in [5, 5.41) is 4.04. The summed E-state index contributed by atoms with van der Waals surface area (Å²) >= 11 is 3.87. The third-order valence-corrected chi connectivity index (χ3v) is 7.21. The van der Waals surface area contributed by atoms with Crippen molar-refractivity contribution in [3.8, 4) is 17.0 Å². The smallest absolute Gasteiger partial charge is 0.411 e. The van der Waals surface area contributed by atoms with Gasteiger partial charge in [0.2, 0.25) is 0 Å². The van der Waals surface area contributed by atoms with Gasteiger partial charge in [-0.05, 0) is 97.1 Å². The van der Waals surface area contributed by atoms with Crippen LogP contribution in [0.1, 0.15) is 39.5 Å². The molecule has 0 saturated heterocycles. The molecular formula is C26H29BrN2O3. The van der Waals surface area contributed by atoms with Crippen LogP contribution in [0.5, 0.6) is 5.75 Å². The monoisotopic (exact) mass is 496 g/mol. The van der Waals surface area contributed by atoms with Crippen LogP contribution in [-0.2, 0) is 11.3 Å². The van der Waals surface area contributed by atoms with Gasteiger partial charge >= 0.3 is 6.09 Å². The van der Waals surface area contributed by atoms with Gasteiger partial charge in [0.25, 0.3) is 0 Å². The number of benzene rings is 2. The zero-order valence-electron chi connectivity index (χ0n) is 18.6. The van der Waals surface area contributed by atoms with Gasteiger partial charge in [0.1, 0.15) is 11.9 Å². The fraction of sp³-hybridized carbons (Fsp3) is 0.423. The Balaban J connectivity index is 1.42. The number of carbonyl (C=O) groups is 1. The summed E-state index contributed by atoms with van der Waals surface area (Å²) < 4.78 is 14.7. The fourth-order valence-electron chi connectivity index (χ4n) is 4.26. The molecule has 3 aromatic rings. The predicted octanol–water partition coefficient (Wildman–Crippen LogP) is 7.23. The predicted molar refractivity (Wildman–Crippen MR) is 131 cm³/mol. The maximum Gasteiger partial charge on any atom is 0.411 e. The number of fused-ring (bicyclic) bond motifs is 1. The lowest BCUT2D eigenvalue weighted by Crippen LogP contribution is -2.21. The summed E-state index contributed by atoms with van der Waals surface area (Å²) in [5.41, 5.74) is 4.19. The number of nitrogens with one attached hydrogen (secondary N) is 1. The molecular weight excluding hydrogens is 468 g/mol. The zero-order chi connectivity index (χ0) is 22.2. The number of amides is 1. The van der Waals surface area contributed by atoms with Crippen LogP contribution in [0.25, 0.3) is 22.2 Å². The van der Waals surface area contributed by atoms with Crippen molar-refractivity contribution in [2.45, 2.75) is 52.2 Å². The molecule has 32 heavy (non-hydrogen) atoms. The quantitative estimate of drug-likeness (QED) is 0.357. The SMILES string of the molecule is CCOc1ccc2c(Br)c(-c3ccc(NC(=O)O[C@H](C)C4CC4)cc3)n(CC3CC3)c2c1. The zero-order valence-corrected chi connectivity index (χ0v) is 20.2. The number of rotatable bonds is 8. The molecule has 0 aliphatic heterocycles. The lowest BCUT2D eigenvalue weighted by Gasteiger charge is -2.14. The molecule has 1 N–H and O–H groups in total. The van der Waals surface area contributed by atoms with E-state index in [1.54, 1.807) is 0 Å². The average Bonchev–Trinajstić information content (AvgIpc) is 3.68. The summed E-state index contributed by atoms with van der Waals surface area (Å²) in [4.78, 5) is 12.2. The first-order valence-electron chi connectivity index (χ1n) is 11.6. The van der Waals surface area contributed by atoms with Crippen molar-refractivity contribution in [1.82, 2.24) is 4.57 Å². The topological polar surface area (TPSA) is 52.5 Å². The highest BCUT2D eigenvalue weighted by Gasteiger charge is 2.30. The molecule has 0 radical (unpaired) electrons. The molecule has 1 aromatic heterocycles. The molecule has 2 aliphatic carbocycles. The van der Waals surface area contributed by atoms with Crippen molar-refractivity contribution in [1.29, 1.82) is 0 Å². The second kappa shape index (κ2) is 8.81. The van der Waals surface area contributed by atoms with E-state index in [-0.39, 0.29) is 12.2 Å². The highest BCUT2D eigenvalue weighted by molar-refractivity contribution is 9.10. The molecule has 6 heteroatoms. The van der Waals surface area contributed by atoms with Crippen molar-refractivity contribution >= 4 is 38.6 Å². The van der Waals surface area contributed by atoms with Gasteiger partial charge in [-0.3, -0.25) is 5.32 Å². The van der Waals surface area contributed by atoms with Crippen LogP contribution in [0.3, 0.4) is 0 Å². The number of anilines is 1. The molecule has 1 amide bonds. The number of nitrogens with zero attached hydrogens (tertiary/aromatic N) is 1. The van der Waals surface area contributed by atoms with Gasteiger partial charge in [0, 0.05) is 23.7 Å². The third kappa shape index (κ3) is 4.51. The first-order valence-corrected chi connectivity index (χ1v) is 12.4. The molecule has 1 atom stereocenters. The lowest BCUT2D eigenvalue weighted by atomic mass is 10.1. The average molecular weight is 497 g/mol. The molecule has 5 rings (SSSR count). The van der Waals surface area contributed by atoms with E-state index in [1.807, 2.05) is 32.0 Å². The maximum absolute atomic E-state index is 12.2. The Labute approximate surface area is 197 Å². The summed E-state index contributed by atoms with van der Waals surface area (Å²) in [6.45, 7) is 5.62. The maximum atomic E-state index is 12.2. The van der Waals surface area contributed by atoms with Crippen LogP contribution in [0.15, 0.2) is 46.9 Å². The van der Waals surface area contributed by atoms with E-state index in [4.69, 9.17) is 9.47 Å². The molecule has 2 aromatic carbocycles. The van der Waals surface area contributed by atoms with E-state index >= 15 is 0 Å². The van der Waals surface area contributed by atoms with Crippen LogP contribution in [0.2, 0.25) is 0 Å². The summed E-state index contributed by atoms with van der Waals surface area (Å²) in [7, 11) is 0. The molecule has 1 heterocycles. The minimum atomic E-state index is -0.385. The largest absolute Gasteiger partial charge is 0.494 e. The number of halogens is 1. The standard InChI is InChI=1S/C26H29BrN2O3/c1-3-31-21-12-13-22-23(14-21)29(15-17-4-5-17)25(24(22)27)19-8-10-20(11-9-19)28-26(30)32-16(2)18-6-7-18/h8-14,16-18H,3-7,15H2,1-2H3,(H,28,30)/t16-/m1/s1. The van der Waals surface area contributed by atoms with Crippen molar-refractivity contribution in [2.24, 2.45) is 11.8 Å². The first kappa shape index (κ1) is 21.4. The van der Waals surface area contributed by atoms with Crippen LogP contribution in [0, 0.1) is 11.8 Å². The second-order valence-electron chi connectivity index (χ2n) is 8.98. The summed E-state index contributed by atoms with van der Waals surface area (Å²) in [6, 6.07) is 14.3. The van der Waals surface area contributed by atoms with Gasteiger partial charge in [-0.15, -0.1) is 0 Å². The van der Waals surface area contributed by atoms with E-state index in [2.05, 4.69) is 50.1 Å².